The van der Waals surface area contributed by atoms with E-state index >= 15 is 4.39 Å². The number of alkyl halides is 1. The zero-order valence-corrected chi connectivity index (χ0v) is 17.6. The molecule has 0 aromatic carbocycles. The number of ether oxygens (including phenoxy) is 1. The maximum atomic E-state index is 15.3. The third-order valence-corrected chi connectivity index (χ3v) is 8.50. The third kappa shape index (κ3) is 2.78. The van der Waals surface area contributed by atoms with E-state index in [1.807, 2.05) is 6.92 Å². The van der Waals surface area contributed by atoms with Crippen LogP contribution in [0.25, 0.3) is 0 Å². The molecule has 4 rings (SSSR count). The molecule has 164 valence electrons. The Hall–Kier alpha value is -1.86. The average Bonchev–Trinajstić information content (AvgIpc) is 2.93. The molecular formula is C23H29FO6. The molecule has 2 N–H and O–H groups in total. The number of halogens is 1. The molecule has 4 aliphatic carbocycles. The van der Waals surface area contributed by atoms with E-state index in [0.29, 0.717) is 12.0 Å². The molecule has 3 fully saturated rings. The number of esters is 1. The fraction of sp³-hybridized carbons (Fsp3) is 0.696. The van der Waals surface area contributed by atoms with Gasteiger partial charge in [-0.05, 0) is 55.2 Å². The van der Waals surface area contributed by atoms with E-state index < -0.39 is 47.1 Å². The first-order chi connectivity index (χ1) is 13.9. The Morgan fingerprint density at radius 1 is 1.33 bits per heavy atom. The number of hydrogen-bond donors (Lipinski definition) is 2. The van der Waals surface area contributed by atoms with Gasteiger partial charge >= 0.3 is 5.97 Å². The Morgan fingerprint density at radius 2 is 2.03 bits per heavy atom. The number of carbonyl (C=O) groups is 3. The van der Waals surface area contributed by atoms with Crippen molar-refractivity contribution >= 4 is 17.5 Å². The highest BCUT2D eigenvalue weighted by molar-refractivity contribution is 6.01. The van der Waals surface area contributed by atoms with Crippen LogP contribution in [0, 0.1) is 28.6 Å². The summed E-state index contributed by atoms with van der Waals surface area (Å²) in [6, 6.07) is 0. The van der Waals surface area contributed by atoms with Gasteiger partial charge in [-0.15, -0.1) is 0 Å². The standard InChI is InChI=1S/C23H29FO6/c1-12(25)30-11-19(28)23(29)7-5-15-14-9-17(24)16-8-13(26)4-6-21(16,2)20(14)18(27)10-22(15,23)3/h4,6,8,14-15,17-18,20,27,29H,5,7,9-11H2,1-3H3/t14?,15?,17?,18?,20?,21-,22-,23-/m0/s1. The highest BCUT2D eigenvalue weighted by Crippen LogP contribution is 2.67. The zero-order chi connectivity index (χ0) is 22.1. The number of Topliss-reactive ketones (excluding diaryl/α,β-unsaturated/α-hetero) is 1. The van der Waals surface area contributed by atoms with Crippen molar-refractivity contribution in [2.75, 3.05) is 6.61 Å². The van der Waals surface area contributed by atoms with Crippen molar-refractivity contribution in [2.45, 2.75) is 64.3 Å². The molecular weight excluding hydrogens is 391 g/mol. The van der Waals surface area contributed by atoms with Crippen molar-refractivity contribution in [3.63, 3.8) is 0 Å². The van der Waals surface area contributed by atoms with Gasteiger partial charge in [0.15, 0.2) is 12.4 Å². The first-order valence-electron chi connectivity index (χ1n) is 10.6. The van der Waals surface area contributed by atoms with Crippen LogP contribution in [-0.4, -0.2) is 52.2 Å². The molecule has 0 heterocycles. The summed E-state index contributed by atoms with van der Waals surface area (Å²) in [5.74, 6) is -2.14. The predicted molar refractivity (Wildman–Crippen MR) is 105 cm³/mol. The van der Waals surface area contributed by atoms with Gasteiger partial charge in [0.05, 0.1) is 6.10 Å². The molecule has 0 radical (unpaired) electrons. The van der Waals surface area contributed by atoms with E-state index in [4.69, 9.17) is 4.74 Å². The summed E-state index contributed by atoms with van der Waals surface area (Å²) in [7, 11) is 0. The number of aliphatic hydroxyl groups excluding tert-OH is 1. The number of hydrogen-bond acceptors (Lipinski definition) is 6. The van der Waals surface area contributed by atoms with Crippen LogP contribution in [0.2, 0.25) is 0 Å². The van der Waals surface area contributed by atoms with E-state index in [2.05, 4.69) is 0 Å². The van der Waals surface area contributed by atoms with Crippen molar-refractivity contribution in [1.29, 1.82) is 0 Å². The molecule has 0 bridgehead atoms. The smallest absolute Gasteiger partial charge is 0.303 e. The van der Waals surface area contributed by atoms with Gasteiger partial charge in [0.2, 0.25) is 5.78 Å². The van der Waals surface area contributed by atoms with Crippen molar-refractivity contribution in [3.05, 3.63) is 23.8 Å². The zero-order valence-electron chi connectivity index (χ0n) is 17.6. The van der Waals surface area contributed by atoms with Crippen LogP contribution in [0.5, 0.6) is 0 Å². The fourth-order valence-corrected chi connectivity index (χ4v) is 7.08. The second-order valence-corrected chi connectivity index (χ2v) is 9.91. The Balaban J connectivity index is 1.70. The molecule has 4 aliphatic rings. The Labute approximate surface area is 175 Å². The van der Waals surface area contributed by atoms with Crippen molar-refractivity contribution in [2.24, 2.45) is 28.6 Å². The van der Waals surface area contributed by atoms with Crippen LogP contribution in [0.1, 0.15) is 46.5 Å². The average molecular weight is 420 g/mol. The van der Waals surface area contributed by atoms with Crippen LogP contribution in [-0.2, 0) is 19.1 Å². The van der Waals surface area contributed by atoms with Crippen LogP contribution in [0.3, 0.4) is 0 Å². The maximum Gasteiger partial charge on any atom is 0.303 e. The monoisotopic (exact) mass is 420 g/mol. The lowest BCUT2D eigenvalue weighted by atomic mass is 9.46. The van der Waals surface area contributed by atoms with E-state index in [1.165, 1.54) is 19.1 Å². The Morgan fingerprint density at radius 3 is 2.70 bits per heavy atom. The minimum Gasteiger partial charge on any atom is -0.458 e. The van der Waals surface area contributed by atoms with Crippen LogP contribution in [0.4, 0.5) is 4.39 Å². The molecule has 0 aliphatic heterocycles. The first kappa shape index (κ1) is 21.4. The number of fused-ring (bicyclic) bond motifs is 5. The van der Waals surface area contributed by atoms with E-state index in [-0.39, 0.29) is 42.8 Å². The number of ketones is 2. The van der Waals surface area contributed by atoms with Gasteiger partial charge < -0.3 is 14.9 Å². The lowest BCUT2D eigenvalue weighted by Crippen LogP contribution is -2.62. The van der Waals surface area contributed by atoms with Gasteiger partial charge in [-0.2, -0.15) is 0 Å². The minimum atomic E-state index is -1.74. The molecule has 30 heavy (non-hydrogen) atoms. The van der Waals surface area contributed by atoms with Crippen molar-refractivity contribution in [3.8, 4) is 0 Å². The largest absolute Gasteiger partial charge is 0.458 e. The Kier molecular flexibility index (Phi) is 4.86. The Bertz CT molecular complexity index is 864. The quantitative estimate of drug-likeness (QED) is 0.678. The molecule has 0 aromatic rings. The van der Waals surface area contributed by atoms with Crippen LogP contribution < -0.4 is 0 Å². The highest BCUT2D eigenvalue weighted by atomic mass is 19.1. The fourth-order valence-electron chi connectivity index (χ4n) is 7.08. The molecule has 3 saturated carbocycles. The minimum absolute atomic E-state index is 0.152. The van der Waals surface area contributed by atoms with Gasteiger partial charge in [-0.1, -0.05) is 19.9 Å². The van der Waals surface area contributed by atoms with Gasteiger partial charge in [0, 0.05) is 23.7 Å². The molecule has 6 nitrogen and oxygen atoms in total. The SMILES string of the molecule is CC(=O)OCC(=O)[C@@]1(O)CCC2C3CC(F)C4=CC(=O)C=C[C@]4(C)C3C(O)C[C@@]21C. The number of aliphatic hydroxyl groups is 2. The summed E-state index contributed by atoms with van der Waals surface area (Å²) in [6.07, 6.45) is 3.37. The van der Waals surface area contributed by atoms with E-state index in [1.54, 1.807) is 13.0 Å². The highest BCUT2D eigenvalue weighted by Gasteiger charge is 2.69. The summed E-state index contributed by atoms with van der Waals surface area (Å²) in [5, 5.41) is 22.6. The van der Waals surface area contributed by atoms with Crippen LogP contribution in [0.15, 0.2) is 23.8 Å². The van der Waals surface area contributed by atoms with Crippen molar-refractivity contribution in [1.82, 2.24) is 0 Å². The summed E-state index contributed by atoms with van der Waals surface area (Å²) in [6.45, 7) is 4.34. The van der Waals surface area contributed by atoms with Gasteiger partial charge in [0.25, 0.3) is 0 Å². The number of rotatable bonds is 3. The second kappa shape index (κ2) is 6.82. The topological polar surface area (TPSA) is 101 Å². The maximum absolute atomic E-state index is 15.3. The van der Waals surface area contributed by atoms with Gasteiger partial charge in [-0.3, -0.25) is 14.4 Å². The van der Waals surface area contributed by atoms with Crippen LogP contribution >= 0.6 is 0 Å². The van der Waals surface area contributed by atoms with E-state index in [9.17, 15) is 24.6 Å². The summed E-state index contributed by atoms with van der Waals surface area (Å²) in [5.41, 5.74) is -3.05. The summed E-state index contributed by atoms with van der Waals surface area (Å²) < 4.78 is 20.1. The summed E-state index contributed by atoms with van der Waals surface area (Å²) >= 11 is 0. The molecule has 7 heteroatoms. The molecule has 0 spiro atoms. The second-order valence-electron chi connectivity index (χ2n) is 9.91. The van der Waals surface area contributed by atoms with Gasteiger partial charge in [-0.25, -0.2) is 4.39 Å². The van der Waals surface area contributed by atoms with Crippen molar-refractivity contribution < 1.29 is 33.7 Å². The molecule has 0 amide bonds. The molecule has 0 aromatic heterocycles. The van der Waals surface area contributed by atoms with Gasteiger partial charge in [0.1, 0.15) is 11.8 Å². The normalized spacial score (nSPS) is 47.1. The third-order valence-electron chi connectivity index (χ3n) is 8.50. The first-order valence-corrected chi connectivity index (χ1v) is 10.6. The summed E-state index contributed by atoms with van der Waals surface area (Å²) in [4.78, 5) is 35.8. The molecule has 0 saturated heterocycles. The lowest BCUT2D eigenvalue weighted by Gasteiger charge is -2.60. The number of carbonyl (C=O) groups excluding carboxylic acids is 3. The molecule has 5 unspecified atom stereocenters. The predicted octanol–water partition coefficient (Wildman–Crippen LogP) is 2.08. The molecule has 8 atom stereocenters. The number of allylic oxidation sites excluding steroid dienone is 4. The van der Waals surface area contributed by atoms with E-state index in [0.717, 1.165) is 0 Å². The lowest BCUT2D eigenvalue weighted by molar-refractivity contribution is -0.183.